The van der Waals surface area contributed by atoms with Crippen LogP contribution in [-0.4, -0.2) is 31.6 Å². The number of likely N-dealkylation sites (tertiary alicyclic amines) is 1. The predicted molar refractivity (Wildman–Crippen MR) is 73.4 cm³/mol. The molecule has 2 rings (SSSR count). The molecule has 0 spiro atoms. The molecule has 1 saturated heterocycles. The minimum absolute atomic E-state index is 0.125. The Kier molecular flexibility index (Phi) is 4.88. The smallest absolute Gasteiger partial charge is 0.263 e. The summed E-state index contributed by atoms with van der Waals surface area (Å²) in [6.07, 6.45) is -1.27. The van der Waals surface area contributed by atoms with E-state index in [0.717, 1.165) is 31.6 Å². The highest BCUT2D eigenvalue weighted by molar-refractivity contribution is 5.28. The molecule has 2 nitrogen and oxygen atoms in total. The lowest BCUT2D eigenvalue weighted by Crippen LogP contribution is -2.28. The van der Waals surface area contributed by atoms with Crippen molar-refractivity contribution in [1.82, 2.24) is 10.2 Å². The largest absolute Gasteiger partial charge is 0.317 e. The fourth-order valence-electron chi connectivity index (χ4n) is 2.98. The van der Waals surface area contributed by atoms with Gasteiger partial charge in [-0.2, -0.15) is 0 Å². The summed E-state index contributed by atoms with van der Waals surface area (Å²) < 4.78 is 25.6. The summed E-state index contributed by atoms with van der Waals surface area (Å²) in [5.41, 5.74) is 1.14. The third-order valence-corrected chi connectivity index (χ3v) is 3.93. The zero-order valence-corrected chi connectivity index (χ0v) is 11.6. The second kappa shape index (κ2) is 6.44. The van der Waals surface area contributed by atoms with Crippen LogP contribution in [0.15, 0.2) is 24.3 Å². The molecule has 0 saturated carbocycles. The molecule has 1 heterocycles. The van der Waals surface area contributed by atoms with Gasteiger partial charge >= 0.3 is 0 Å². The summed E-state index contributed by atoms with van der Waals surface area (Å²) in [7, 11) is 2.08. The Morgan fingerprint density at radius 3 is 2.89 bits per heavy atom. The third-order valence-electron chi connectivity index (χ3n) is 3.93. The van der Waals surface area contributed by atoms with Crippen LogP contribution in [0.4, 0.5) is 8.78 Å². The zero-order valence-electron chi connectivity index (χ0n) is 11.6. The molecule has 1 aliphatic heterocycles. The van der Waals surface area contributed by atoms with E-state index in [1.165, 1.54) is 6.07 Å². The average Bonchev–Trinajstić information content (AvgIpc) is 2.77. The molecule has 0 aliphatic carbocycles. The van der Waals surface area contributed by atoms with Crippen LogP contribution in [0.1, 0.15) is 36.9 Å². The van der Waals surface area contributed by atoms with E-state index in [9.17, 15) is 8.78 Å². The van der Waals surface area contributed by atoms with Crippen molar-refractivity contribution in [1.29, 1.82) is 0 Å². The molecule has 2 atom stereocenters. The topological polar surface area (TPSA) is 15.3 Å². The molecule has 1 aliphatic rings. The van der Waals surface area contributed by atoms with Crippen LogP contribution in [0.25, 0.3) is 0 Å². The molecule has 0 aromatic heterocycles. The maximum atomic E-state index is 12.8. The number of hydrogen-bond acceptors (Lipinski definition) is 2. The van der Waals surface area contributed by atoms with Gasteiger partial charge in [-0.15, -0.1) is 0 Å². The first-order valence-electron chi connectivity index (χ1n) is 6.92. The van der Waals surface area contributed by atoms with Crippen molar-refractivity contribution < 1.29 is 8.78 Å². The van der Waals surface area contributed by atoms with Gasteiger partial charge in [0.25, 0.3) is 6.43 Å². The summed E-state index contributed by atoms with van der Waals surface area (Å²) in [5, 5.41) is 3.37. The highest BCUT2D eigenvalue weighted by atomic mass is 19.3. The molecule has 0 bridgehead atoms. The second-order valence-corrected chi connectivity index (χ2v) is 5.25. The number of nitrogens with one attached hydrogen (secondary N) is 1. The molecule has 4 heteroatoms. The molecule has 1 aromatic carbocycles. The second-order valence-electron chi connectivity index (χ2n) is 5.25. The van der Waals surface area contributed by atoms with Gasteiger partial charge in [-0.05, 0) is 50.7 Å². The lowest BCUT2D eigenvalue weighted by molar-refractivity contribution is 0.151. The van der Waals surface area contributed by atoms with Crippen molar-refractivity contribution in [3.8, 4) is 0 Å². The molecule has 1 fully saturated rings. The van der Waals surface area contributed by atoms with Crippen LogP contribution >= 0.6 is 0 Å². The van der Waals surface area contributed by atoms with Crippen molar-refractivity contribution in [2.24, 2.45) is 5.92 Å². The lowest BCUT2D eigenvalue weighted by atomic mass is 9.92. The minimum Gasteiger partial charge on any atom is -0.317 e. The summed E-state index contributed by atoms with van der Waals surface area (Å²) in [4.78, 5) is 2.27. The van der Waals surface area contributed by atoms with Gasteiger partial charge in [-0.25, -0.2) is 8.78 Å². The van der Waals surface area contributed by atoms with E-state index in [2.05, 4.69) is 24.2 Å². The number of nitrogens with zero attached hydrogens (tertiary/aromatic N) is 1. The summed E-state index contributed by atoms with van der Waals surface area (Å²) in [5.74, 6) is 0.498. The van der Waals surface area contributed by atoms with E-state index in [4.69, 9.17) is 0 Å². The van der Waals surface area contributed by atoms with Crippen molar-refractivity contribution >= 4 is 0 Å². The van der Waals surface area contributed by atoms with Crippen LogP contribution in [0.2, 0.25) is 0 Å². The molecule has 0 amide bonds. The summed E-state index contributed by atoms with van der Waals surface area (Å²) >= 11 is 0. The van der Waals surface area contributed by atoms with E-state index in [1.54, 1.807) is 12.1 Å². The summed E-state index contributed by atoms with van der Waals surface area (Å²) in [6, 6.07) is 7.13. The van der Waals surface area contributed by atoms with Crippen molar-refractivity contribution in [3.63, 3.8) is 0 Å². The monoisotopic (exact) mass is 268 g/mol. The molecule has 1 aromatic rings. The summed E-state index contributed by atoms with van der Waals surface area (Å²) in [6.45, 7) is 5.01. The van der Waals surface area contributed by atoms with Crippen LogP contribution < -0.4 is 5.32 Å². The van der Waals surface area contributed by atoms with Gasteiger partial charge in [-0.3, -0.25) is 4.90 Å². The first kappa shape index (κ1) is 14.4. The van der Waals surface area contributed by atoms with E-state index in [1.807, 2.05) is 6.07 Å². The highest BCUT2D eigenvalue weighted by Crippen LogP contribution is 2.36. The standard InChI is InChI=1S/C15H22F2N2/c1-3-18-10-13-7-8-19(2)14(13)11-5-4-6-12(9-11)15(16)17/h4-6,9,13-15,18H,3,7-8,10H2,1-2H3. The van der Waals surface area contributed by atoms with Crippen molar-refractivity contribution in [2.45, 2.75) is 25.8 Å². The molecule has 106 valence electrons. The first-order valence-corrected chi connectivity index (χ1v) is 6.92. The van der Waals surface area contributed by atoms with Crippen molar-refractivity contribution in [3.05, 3.63) is 35.4 Å². The lowest BCUT2D eigenvalue weighted by Gasteiger charge is -2.26. The molecule has 0 radical (unpaired) electrons. The van der Waals surface area contributed by atoms with Crippen LogP contribution in [0.5, 0.6) is 0 Å². The molecule has 2 unspecified atom stereocenters. The molecule has 1 N–H and O–H groups in total. The number of hydrogen-bond donors (Lipinski definition) is 1. The average molecular weight is 268 g/mol. The van der Waals surface area contributed by atoms with Gasteiger partial charge in [0, 0.05) is 11.6 Å². The Balaban J connectivity index is 2.19. The Morgan fingerprint density at radius 2 is 2.21 bits per heavy atom. The zero-order chi connectivity index (χ0) is 13.8. The van der Waals surface area contributed by atoms with Crippen molar-refractivity contribution in [2.75, 3.05) is 26.7 Å². The Labute approximate surface area is 113 Å². The van der Waals surface area contributed by atoms with Gasteiger partial charge in [0.05, 0.1) is 0 Å². The number of halogens is 2. The van der Waals surface area contributed by atoms with E-state index < -0.39 is 6.43 Å². The molecule has 19 heavy (non-hydrogen) atoms. The van der Waals surface area contributed by atoms with E-state index in [0.29, 0.717) is 5.92 Å². The number of benzene rings is 1. The first-order chi connectivity index (χ1) is 9.13. The SMILES string of the molecule is CCNCC1CCN(C)C1c1cccc(C(F)F)c1. The Bertz CT molecular complexity index is 409. The maximum absolute atomic E-state index is 12.8. The normalized spacial score (nSPS) is 24.3. The van der Waals surface area contributed by atoms with Crippen LogP contribution in [0.3, 0.4) is 0 Å². The third kappa shape index (κ3) is 3.31. The Hall–Kier alpha value is -1.00. The van der Waals surface area contributed by atoms with Gasteiger partial charge in [0.1, 0.15) is 0 Å². The fraction of sp³-hybridized carbons (Fsp3) is 0.600. The maximum Gasteiger partial charge on any atom is 0.263 e. The van der Waals surface area contributed by atoms with Crippen LogP contribution in [-0.2, 0) is 0 Å². The fourth-order valence-corrected chi connectivity index (χ4v) is 2.98. The predicted octanol–water partition coefficient (Wildman–Crippen LogP) is 3.23. The number of rotatable bonds is 5. The highest BCUT2D eigenvalue weighted by Gasteiger charge is 2.32. The van der Waals surface area contributed by atoms with Gasteiger partial charge in [0.2, 0.25) is 0 Å². The van der Waals surface area contributed by atoms with Gasteiger partial charge in [-0.1, -0.05) is 25.1 Å². The molecular weight excluding hydrogens is 246 g/mol. The minimum atomic E-state index is -2.39. The number of alkyl halides is 2. The van der Waals surface area contributed by atoms with Gasteiger partial charge < -0.3 is 5.32 Å². The Morgan fingerprint density at radius 1 is 1.42 bits per heavy atom. The molecular formula is C15H22F2N2. The van der Waals surface area contributed by atoms with E-state index in [-0.39, 0.29) is 11.6 Å². The van der Waals surface area contributed by atoms with E-state index >= 15 is 0 Å². The quantitative estimate of drug-likeness (QED) is 0.882. The van der Waals surface area contributed by atoms with Gasteiger partial charge in [0.15, 0.2) is 0 Å². The van der Waals surface area contributed by atoms with Crippen LogP contribution in [0, 0.1) is 5.92 Å².